The van der Waals surface area contributed by atoms with Crippen LogP contribution in [-0.4, -0.2) is 45.9 Å². The van der Waals surface area contributed by atoms with E-state index in [0.717, 1.165) is 47.0 Å². The van der Waals surface area contributed by atoms with Crippen molar-refractivity contribution < 1.29 is 22.8 Å². The van der Waals surface area contributed by atoms with Gasteiger partial charge in [0.25, 0.3) is 0 Å². The molecule has 0 unspecified atom stereocenters. The first-order valence-corrected chi connectivity index (χ1v) is 13.3. The van der Waals surface area contributed by atoms with Crippen LogP contribution in [0.25, 0.3) is 10.9 Å². The third-order valence-electron chi connectivity index (χ3n) is 7.27. The maximum absolute atomic E-state index is 13.7. The Morgan fingerprint density at radius 3 is 2.38 bits per heavy atom. The number of hydrogen-bond acceptors (Lipinski definition) is 2. The van der Waals surface area contributed by atoms with Crippen molar-refractivity contribution >= 4 is 28.5 Å². The van der Waals surface area contributed by atoms with Gasteiger partial charge in [-0.25, -0.2) is 4.79 Å². The van der Waals surface area contributed by atoms with E-state index in [2.05, 4.69) is 10.3 Å². The topological polar surface area (TPSA) is 68.4 Å². The summed E-state index contributed by atoms with van der Waals surface area (Å²) in [4.78, 5) is 33.3. The van der Waals surface area contributed by atoms with E-state index in [-0.39, 0.29) is 31.1 Å². The van der Waals surface area contributed by atoms with E-state index in [1.165, 1.54) is 12.1 Å². The van der Waals surface area contributed by atoms with Gasteiger partial charge in [0.2, 0.25) is 5.91 Å². The summed E-state index contributed by atoms with van der Waals surface area (Å²) in [5.74, 6) is -0.258. The van der Waals surface area contributed by atoms with Gasteiger partial charge < -0.3 is 20.1 Å². The number of rotatable bonds is 9. The van der Waals surface area contributed by atoms with Crippen LogP contribution in [0.5, 0.6) is 0 Å². The smallest absolute Gasteiger partial charge is 0.361 e. The van der Waals surface area contributed by atoms with Gasteiger partial charge in [0, 0.05) is 41.9 Å². The Balaban J connectivity index is 1.34. The van der Waals surface area contributed by atoms with Gasteiger partial charge in [-0.1, -0.05) is 48.5 Å². The fourth-order valence-electron chi connectivity index (χ4n) is 4.80. The fraction of sp³-hybridized carbons (Fsp3) is 0.290. The van der Waals surface area contributed by atoms with Gasteiger partial charge in [-0.05, 0) is 67.1 Å². The molecule has 4 aromatic rings. The average Bonchev–Trinajstić information content (AvgIpc) is 3.69. The van der Waals surface area contributed by atoms with Crippen LogP contribution in [0.2, 0.25) is 0 Å². The molecule has 9 heteroatoms. The molecule has 3 amide bonds. The summed E-state index contributed by atoms with van der Waals surface area (Å²) in [6, 6.07) is 19.8. The molecule has 1 fully saturated rings. The molecule has 1 aliphatic carbocycles. The van der Waals surface area contributed by atoms with Crippen molar-refractivity contribution in [2.24, 2.45) is 0 Å². The minimum absolute atomic E-state index is 0.0190. The first kappa shape index (κ1) is 27.3. The number of amides is 3. The lowest BCUT2D eigenvalue weighted by Gasteiger charge is -2.28. The summed E-state index contributed by atoms with van der Waals surface area (Å²) in [7, 11) is 0. The zero-order valence-corrected chi connectivity index (χ0v) is 22.2. The highest BCUT2D eigenvalue weighted by Gasteiger charge is 2.35. The molecule has 0 spiro atoms. The quantitative estimate of drug-likeness (QED) is 0.243. The van der Waals surface area contributed by atoms with Crippen LogP contribution in [0.3, 0.4) is 0 Å². The number of aromatic nitrogens is 1. The average molecular weight is 549 g/mol. The Hall–Kier alpha value is -4.27. The first-order chi connectivity index (χ1) is 19.2. The maximum Gasteiger partial charge on any atom is 0.416 e. The van der Waals surface area contributed by atoms with Crippen LogP contribution in [0.4, 0.5) is 23.7 Å². The molecule has 5 rings (SSSR count). The molecule has 1 heterocycles. The Labute approximate surface area is 230 Å². The van der Waals surface area contributed by atoms with E-state index >= 15 is 0 Å². The monoisotopic (exact) mass is 548 g/mol. The predicted octanol–water partition coefficient (Wildman–Crippen LogP) is 6.76. The van der Waals surface area contributed by atoms with Crippen molar-refractivity contribution in [3.8, 4) is 0 Å². The van der Waals surface area contributed by atoms with Gasteiger partial charge in [0.05, 0.1) is 5.56 Å². The third-order valence-corrected chi connectivity index (χ3v) is 7.27. The molecule has 2 N–H and O–H groups in total. The molecule has 0 bridgehead atoms. The summed E-state index contributed by atoms with van der Waals surface area (Å²) in [5.41, 5.74) is 3.48. The van der Waals surface area contributed by atoms with Crippen molar-refractivity contribution in [3.05, 3.63) is 101 Å². The van der Waals surface area contributed by atoms with Gasteiger partial charge in [-0.15, -0.1) is 0 Å². The number of benzene rings is 3. The van der Waals surface area contributed by atoms with Crippen LogP contribution < -0.4 is 5.32 Å². The number of H-pyrrole nitrogens is 1. The number of fused-ring (bicyclic) bond motifs is 1. The minimum atomic E-state index is -4.43. The van der Waals surface area contributed by atoms with E-state index < -0.39 is 11.7 Å². The van der Waals surface area contributed by atoms with E-state index in [1.54, 1.807) is 9.80 Å². The summed E-state index contributed by atoms with van der Waals surface area (Å²) in [5, 5.41) is 3.98. The molecule has 1 aromatic heterocycles. The molecule has 6 nitrogen and oxygen atoms in total. The highest BCUT2D eigenvalue weighted by Crippen LogP contribution is 2.30. The molecule has 1 aliphatic rings. The Morgan fingerprint density at radius 2 is 1.68 bits per heavy atom. The number of alkyl halides is 3. The normalized spacial score (nSPS) is 13.3. The van der Waals surface area contributed by atoms with Crippen LogP contribution in [-0.2, 0) is 23.9 Å². The van der Waals surface area contributed by atoms with Crippen molar-refractivity contribution in [2.75, 3.05) is 18.4 Å². The molecular formula is C31H31F3N4O2. The van der Waals surface area contributed by atoms with E-state index in [4.69, 9.17) is 0 Å². The van der Waals surface area contributed by atoms with E-state index in [0.29, 0.717) is 24.2 Å². The van der Waals surface area contributed by atoms with Gasteiger partial charge in [-0.3, -0.25) is 4.79 Å². The second-order valence-corrected chi connectivity index (χ2v) is 10.2. The fourth-order valence-corrected chi connectivity index (χ4v) is 4.80. The van der Waals surface area contributed by atoms with Crippen molar-refractivity contribution in [1.82, 2.24) is 14.8 Å². The zero-order valence-electron chi connectivity index (χ0n) is 22.2. The van der Waals surface area contributed by atoms with Crippen molar-refractivity contribution in [1.29, 1.82) is 0 Å². The van der Waals surface area contributed by atoms with E-state index in [1.807, 2.05) is 61.7 Å². The Bertz CT molecular complexity index is 1490. The lowest BCUT2D eigenvalue weighted by Crippen LogP contribution is -2.46. The van der Waals surface area contributed by atoms with Gasteiger partial charge >= 0.3 is 12.2 Å². The SMILES string of the molecule is Cc1ccccc1NC(=O)N(CC(=O)N(CCc1c[nH]c2ccccc12)Cc1ccc(C(F)(F)F)cc1)C1CC1. The number of aromatic amines is 1. The molecule has 1 saturated carbocycles. The molecule has 0 atom stereocenters. The number of carbonyl (C=O) groups is 2. The lowest BCUT2D eigenvalue weighted by atomic mass is 10.1. The summed E-state index contributed by atoms with van der Waals surface area (Å²) >= 11 is 0. The number of para-hydroxylation sites is 2. The number of anilines is 1. The molecular weight excluding hydrogens is 517 g/mol. The van der Waals surface area contributed by atoms with Gasteiger partial charge in [-0.2, -0.15) is 13.2 Å². The zero-order chi connectivity index (χ0) is 28.3. The maximum atomic E-state index is 13.7. The predicted molar refractivity (Wildman–Crippen MR) is 149 cm³/mol. The standard InChI is InChI=1S/C31H31F3N4O2/c1-21-6-2-4-8-27(21)36-30(40)38(25-14-15-25)20-29(39)37(19-22-10-12-24(13-11-22)31(32,33)34)17-16-23-18-35-28-9-5-3-7-26(23)28/h2-13,18,25,35H,14-17,19-20H2,1H3,(H,36,40). The number of halogens is 3. The van der Waals surface area contributed by atoms with Crippen LogP contribution in [0.15, 0.2) is 79.0 Å². The van der Waals surface area contributed by atoms with Crippen molar-refractivity contribution in [3.63, 3.8) is 0 Å². The molecule has 40 heavy (non-hydrogen) atoms. The molecule has 0 radical (unpaired) electrons. The lowest BCUT2D eigenvalue weighted by molar-refractivity contribution is -0.137. The minimum Gasteiger partial charge on any atom is -0.361 e. The van der Waals surface area contributed by atoms with Crippen molar-refractivity contribution in [2.45, 2.75) is 44.9 Å². The molecule has 0 aliphatic heterocycles. The third kappa shape index (κ3) is 6.47. The second kappa shape index (κ2) is 11.5. The van der Waals surface area contributed by atoms with Gasteiger partial charge in [0.15, 0.2) is 0 Å². The number of nitrogens with zero attached hydrogens (tertiary/aromatic N) is 2. The van der Waals surface area contributed by atoms with Crippen LogP contribution >= 0.6 is 0 Å². The van der Waals surface area contributed by atoms with Gasteiger partial charge in [0.1, 0.15) is 6.54 Å². The summed E-state index contributed by atoms with van der Waals surface area (Å²) in [6.07, 6.45) is -0.323. The summed E-state index contributed by atoms with van der Waals surface area (Å²) < 4.78 is 39.3. The highest BCUT2D eigenvalue weighted by molar-refractivity contribution is 5.93. The van der Waals surface area contributed by atoms with Crippen LogP contribution in [0.1, 0.15) is 35.1 Å². The molecule has 3 aromatic carbocycles. The molecule has 0 saturated heterocycles. The number of aryl methyl sites for hydroxylation is 1. The highest BCUT2D eigenvalue weighted by atomic mass is 19.4. The molecule has 208 valence electrons. The van der Waals surface area contributed by atoms with Crippen LogP contribution in [0, 0.1) is 6.92 Å². The number of hydrogen-bond donors (Lipinski definition) is 2. The first-order valence-electron chi connectivity index (χ1n) is 13.3. The largest absolute Gasteiger partial charge is 0.416 e. The second-order valence-electron chi connectivity index (χ2n) is 10.2. The summed E-state index contributed by atoms with van der Waals surface area (Å²) in [6.45, 7) is 2.27. The number of carbonyl (C=O) groups excluding carboxylic acids is 2. The van der Waals surface area contributed by atoms with E-state index in [9.17, 15) is 22.8 Å². The Morgan fingerprint density at radius 1 is 0.975 bits per heavy atom. The Kier molecular flexibility index (Phi) is 7.82. The number of urea groups is 1. The number of nitrogens with one attached hydrogen (secondary N) is 2.